The molecule has 37 heavy (non-hydrogen) atoms. The molecule has 1 saturated heterocycles. The van der Waals surface area contributed by atoms with Gasteiger partial charge >= 0.3 is 5.97 Å². The summed E-state index contributed by atoms with van der Waals surface area (Å²) in [5.41, 5.74) is 6.64. The molecule has 1 aromatic heterocycles. The minimum atomic E-state index is -3.43. The maximum absolute atomic E-state index is 12.4. The van der Waals surface area contributed by atoms with Crippen molar-refractivity contribution in [3.8, 4) is 0 Å². The molecule has 4 N–H and O–H groups in total. The van der Waals surface area contributed by atoms with Gasteiger partial charge in [-0.2, -0.15) is 0 Å². The van der Waals surface area contributed by atoms with Crippen LogP contribution in [0.4, 0.5) is 5.69 Å². The average Bonchev–Trinajstić information content (AvgIpc) is 3.18. The number of benzene rings is 2. The van der Waals surface area contributed by atoms with Gasteiger partial charge < -0.3 is 25.6 Å². The molecule has 0 aliphatic carbocycles. The summed E-state index contributed by atoms with van der Waals surface area (Å²) in [6, 6.07) is 13.3. The fraction of sp³-hybridized carbons (Fsp3) is 0.385. The lowest BCUT2D eigenvalue weighted by Gasteiger charge is -2.32. The van der Waals surface area contributed by atoms with E-state index in [9.17, 15) is 23.1 Å². The van der Waals surface area contributed by atoms with Crippen molar-refractivity contribution in [1.82, 2.24) is 9.47 Å². The number of rotatable bonds is 6. The van der Waals surface area contributed by atoms with Crippen LogP contribution >= 0.6 is 11.6 Å². The maximum atomic E-state index is 12.4. The number of carbonyl (C=O) groups is 2. The molecule has 2 heterocycles. The molecule has 1 amide bonds. The summed E-state index contributed by atoms with van der Waals surface area (Å²) in [5, 5.41) is 13.1. The van der Waals surface area contributed by atoms with Crippen LogP contribution in [-0.4, -0.2) is 66.3 Å². The van der Waals surface area contributed by atoms with Crippen molar-refractivity contribution < 1.29 is 23.1 Å². The molecule has 1 fully saturated rings. The number of aromatic nitrogens is 1. The molecular weight excluding hydrogens is 516 g/mol. The summed E-state index contributed by atoms with van der Waals surface area (Å²) in [6.07, 6.45) is 3.43. The van der Waals surface area contributed by atoms with Crippen molar-refractivity contribution in [3.63, 3.8) is 0 Å². The number of piperidine rings is 1. The number of nitrogens with one attached hydrogen (secondary N) is 1. The molecule has 0 saturated carbocycles. The summed E-state index contributed by atoms with van der Waals surface area (Å²) in [7, 11) is -3.43. The van der Waals surface area contributed by atoms with Crippen molar-refractivity contribution in [3.05, 3.63) is 59.2 Å². The Balaban J connectivity index is 0.000000319. The van der Waals surface area contributed by atoms with Crippen LogP contribution in [0.25, 0.3) is 10.9 Å². The Morgan fingerprint density at radius 2 is 1.73 bits per heavy atom. The summed E-state index contributed by atoms with van der Waals surface area (Å²) < 4.78 is 24.7. The predicted octanol–water partition coefficient (Wildman–Crippen LogP) is 3.85. The van der Waals surface area contributed by atoms with Gasteiger partial charge in [-0.15, -0.1) is 0 Å². The Kier molecular flexibility index (Phi) is 9.36. The zero-order chi connectivity index (χ0) is 27.3. The molecule has 1 aliphatic rings. The number of hydrogen-bond donors (Lipinski definition) is 3. The first-order chi connectivity index (χ1) is 17.3. The van der Waals surface area contributed by atoms with Gasteiger partial charge in [0.2, 0.25) is 5.91 Å². The third kappa shape index (κ3) is 7.78. The zero-order valence-corrected chi connectivity index (χ0v) is 22.7. The third-order valence-electron chi connectivity index (χ3n) is 6.25. The number of amides is 1. The number of hydrogen-bond acceptors (Lipinski definition) is 6. The molecular formula is C26H33ClN4O5S. The quantitative estimate of drug-likeness (QED) is 0.426. The average molecular weight is 549 g/mol. The number of carbonyl (C=O) groups excluding carboxylic acids is 1. The standard InChI is InChI=1S/C18H15ClN2O5S.C8H18N2/c1-27(25,26)14-6-7-15-11(8-14)9-16(18(23)24)21(15)10-17(22)20-13-4-2-12(19)3-5-13;1-7(2)10-5-3-8(9)4-6-10/h2-9H,10H2,1H3,(H,20,22)(H,23,24);7-8H,3-6,9H2,1-2H3. The Morgan fingerprint density at radius 1 is 1.11 bits per heavy atom. The molecule has 3 aromatic rings. The molecule has 1 aliphatic heterocycles. The zero-order valence-electron chi connectivity index (χ0n) is 21.1. The van der Waals surface area contributed by atoms with E-state index in [1.54, 1.807) is 24.3 Å². The van der Waals surface area contributed by atoms with Crippen LogP contribution in [0.3, 0.4) is 0 Å². The lowest BCUT2D eigenvalue weighted by atomic mass is 10.1. The minimum absolute atomic E-state index is 0.0784. The largest absolute Gasteiger partial charge is 0.477 e. The third-order valence-corrected chi connectivity index (χ3v) is 7.62. The van der Waals surface area contributed by atoms with Gasteiger partial charge in [0.05, 0.1) is 4.90 Å². The lowest BCUT2D eigenvalue weighted by Crippen LogP contribution is -2.42. The molecule has 0 unspecified atom stereocenters. The molecule has 11 heteroatoms. The summed E-state index contributed by atoms with van der Waals surface area (Å²) in [4.78, 5) is 26.5. The smallest absolute Gasteiger partial charge is 0.352 e. The van der Waals surface area contributed by atoms with E-state index in [1.165, 1.54) is 54.8 Å². The van der Waals surface area contributed by atoms with E-state index in [4.69, 9.17) is 17.3 Å². The molecule has 0 radical (unpaired) electrons. The molecule has 9 nitrogen and oxygen atoms in total. The van der Waals surface area contributed by atoms with Gasteiger partial charge in [0, 0.05) is 40.0 Å². The fourth-order valence-corrected chi connectivity index (χ4v) is 4.92. The molecule has 0 bridgehead atoms. The van der Waals surface area contributed by atoms with Crippen LogP contribution in [-0.2, 0) is 21.2 Å². The van der Waals surface area contributed by atoms with E-state index in [-0.39, 0.29) is 17.1 Å². The maximum Gasteiger partial charge on any atom is 0.352 e. The second-order valence-electron chi connectivity index (χ2n) is 9.44. The van der Waals surface area contributed by atoms with E-state index >= 15 is 0 Å². The number of anilines is 1. The van der Waals surface area contributed by atoms with Crippen molar-refractivity contribution >= 4 is 49.9 Å². The van der Waals surface area contributed by atoms with Gasteiger partial charge in [-0.3, -0.25) is 4.79 Å². The predicted molar refractivity (Wildman–Crippen MR) is 146 cm³/mol. The number of aromatic carboxylic acids is 1. The van der Waals surface area contributed by atoms with Crippen LogP contribution in [0.1, 0.15) is 37.2 Å². The van der Waals surface area contributed by atoms with Gasteiger partial charge in [0.1, 0.15) is 12.2 Å². The number of likely N-dealkylation sites (tertiary alicyclic amines) is 1. The topological polar surface area (TPSA) is 135 Å². The Hall–Kier alpha value is -2.92. The van der Waals surface area contributed by atoms with E-state index in [0.29, 0.717) is 33.7 Å². The summed E-state index contributed by atoms with van der Waals surface area (Å²) >= 11 is 5.80. The molecule has 2 aromatic carbocycles. The van der Waals surface area contributed by atoms with Gasteiger partial charge in [0.15, 0.2) is 9.84 Å². The van der Waals surface area contributed by atoms with Crippen LogP contribution in [0, 0.1) is 0 Å². The molecule has 4 rings (SSSR count). The van der Waals surface area contributed by atoms with Gasteiger partial charge in [-0.05, 0) is 88.3 Å². The van der Waals surface area contributed by atoms with Crippen molar-refractivity contribution in [2.24, 2.45) is 5.73 Å². The van der Waals surface area contributed by atoms with Crippen molar-refractivity contribution in [2.45, 2.75) is 50.2 Å². The lowest BCUT2D eigenvalue weighted by molar-refractivity contribution is -0.116. The number of carboxylic acid groups (broad SMARTS) is 1. The van der Waals surface area contributed by atoms with Crippen LogP contribution in [0.5, 0.6) is 0 Å². The highest BCUT2D eigenvalue weighted by atomic mass is 35.5. The van der Waals surface area contributed by atoms with Gasteiger partial charge in [0.25, 0.3) is 0 Å². The van der Waals surface area contributed by atoms with Crippen molar-refractivity contribution in [2.75, 3.05) is 24.7 Å². The fourth-order valence-electron chi connectivity index (χ4n) is 4.14. The molecule has 0 spiro atoms. The van der Waals surface area contributed by atoms with E-state index in [0.717, 1.165) is 6.26 Å². The first kappa shape index (κ1) is 28.6. The summed E-state index contributed by atoms with van der Waals surface area (Å²) in [6.45, 7) is 6.64. The Morgan fingerprint density at radius 3 is 2.27 bits per heavy atom. The first-order valence-electron chi connectivity index (χ1n) is 12.0. The van der Waals surface area contributed by atoms with E-state index in [1.807, 2.05) is 0 Å². The van der Waals surface area contributed by atoms with Gasteiger partial charge in [-0.1, -0.05) is 11.6 Å². The number of carboxylic acids is 1. The van der Waals surface area contributed by atoms with Crippen molar-refractivity contribution in [1.29, 1.82) is 0 Å². The second kappa shape index (κ2) is 12.1. The molecule has 0 atom stereocenters. The van der Waals surface area contributed by atoms with Gasteiger partial charge in [-0.25, -0.2) is 13.2 Å². The monoisotopic (exact) mass is 548 g/mol. The second-order valence-corrected chi connectivity index (χ2v) is 11.9. The van der Waals surface area contributed by atoms with E-state index < -0.39 is 21.7 Å². The number of nitrogens with two attached hydrogens (primary N) is 1. The highest BCUT2D eigenvalue weighted by Crippen LogP contribution is 2.24. The summed E-state index contributed by atoms with van der Waals surface area (Å²) in [5.74, 6) is -1.64. The number of sulfone groups is 1. The van der Waals surface area contributed by atoms with Crippen LogP contribution < -0.4 is 11.1 Å². The number of nitrogens with zero attached hydrogens (tertiary/aromatic N) is 2. The Bertz CT molecular complexity index is 1360. The number of halogens is 1. The highest BCUT2D eigenvalue weighted by molar-refractivity contribution is 7.90. The highest BCUT2D eigenvalue weighted by Gasteiger charge is 2.19. The SMILES string of the molecule is CC(C)N1CCC(N)CC1.CS(=O)(=O)c1ccc2c(c1)cc(C(=O)O)n2CC(=O)Nc1ccc(Cl)cc1. The van der Waals surface area contributed by atoms with E-state index in [2.05, 4.69) is 24.1 Å². The minimum Gasteiger partial charge on any atom is -0.477 e. The van der Waals surface area contributed by atoms with Crippen LogP contribution in [0.2, 0.25) is 5.02 Å². The molecule has 200 valence electrons. The normalized spacial score (nSPS) is 14.9. The van der Waals surface area contributed by atoms with Crippen LogP contribution in [0.15, 0.2) is 53.4 Å². The number of fused-ring (bicyclic) bond motifs is 1. The first-order valence-corrected chi connectivity index (χ1v) is 14.2. The Labute approximate surface area is 222 Å².